The van der Waals surface area contributed by atoms with E-state index in [0.29, 0.717) is 0 Å². The summed E-state index contributed by atoms with van der Waals surface area (Å²) in [6.07, 6.45) is 1.89. The summed E-state index contributed by atoms with van der Waals surface area (Å²) in [5, 5.41) is 8.25. The van der Waals surface area contributed by atoms with Crippen molar-refractivity contribution < 1.29 is 67.2 Å². The number of rotatable bonds is 2. The highest BCUT2D eigenvalue weighted by Crippen LogP contribution is 2.54. The van der Waals surface area contributed by atoms with Gasteiger partial charge in [0.1, 0.15) is 7.05 Å². The number of ketones is 1. The minimum atomic E-state index is -2.37. The molecule has 4 aromatic rings. The summed E-state index contributed by atoms with van der Waals surface area (Å²) in [6, 6.07) is 0. The number of fused-ring (bicyclic) bond motifs is 6. The van der Waals surface area contributed by atoms with Gasteiger partial charge in [-0.05, 0) is 19.9 Å². The molecule has 0 spiro atoms. The lowest BCUT2D eigenvalue weighted by molar-refractivity contribution is -0.404. The second-order valence-electron chi connectivity index (χ2n) is 13.6. The Balaban J connectivity index is 1.39. The van der Waals surface area contributed by atoms with Gasteiger partial charge in [-0.3, -0.25) is 4.79 Å². The number of halogens is 12. The summed E-state index contributed by atoms with van der Waals surface area (Å²) in [5.41, 5.74) is -7.40. The Labute approximate surface area is 284 Å². The quantitative estimate of drug-likeness (QED) is 0.0687. The lowest BCUT2D eigenvalue weighted by Crippen LogP contribution is -2.34. The van der Waals surface area contributed by atoms with Gasteiger partial charge in [-0.1, -0.05) is 19.6 Å². The highest BCUT2D eigenvalue weighted by atomic mass is 19.2. The molecule has 0 aromatic heterocycles. The van der Waals surface area contributed by atoms with Gasteiger partial charge in [-0.25, -0.2) is 48.3 Å². The first kappa shape index (κ1) is 35.1. The van der Waals surface area contributed by atoms with Gasteiger partial charge in [0.25, 0.3) is 0 Å². The summed E-state index contributed by atoms with van der Waals surface area (Å²) in [4.78, 5) is 14.4. The van der Waals surface area contributed by atoms with Gasteiger partial charge < -0.3 is 10.0 Å². The van der Waals surface area contributed by atoms with Gasteiger partial charge in [0.05, 0.1) is 27.4 Å². The molecule has 0 bridgehead atoms. The van der Waals surface area contributed by atoms with E-state index in [1.165, 1.54) is 27.7 Å². The lowest BCUT2D eigenvalue weighted by Gasteiger charge is -2.32. The number of allylic oxidation sites excluding steroid dienone is 5. The molecule has 7 rings (SSSR count). The molecule has 2 heterocycles. The van der Waals surface area contributed by atoms with Crippen LogP contribution < -0.4 is 10.0 Å². The summed E-state index contributed by atoms with van der Waals surface area (Å²) < 4.78 is 179. The maximum Gasteiger partial charge on any atom is 0.249 e. The van der Waals surface area contributed by atoms with Crippen LogP contribution in [-0.2, 0) is 15.6 Å². The molecule has 0 N–H and O–H groups in total. The van der Waals surface area contributed by atoms with E-state index >= 15 is 26.3 Å². The van der Waals surface area contributed by atoms with Crippen LogP contribution in [0.4, 0.5) is 64.1 Å². The summed E-state index contributed by atoms with van der Waals surface area (Å²) in [6.45, 7) is 5.11. The molecular weight excluding hydrogens is 720 g/mol. The number of likely N-dealkylation sites (N-methyl/N-ethyl adjacent to an activating group) is 1. The van der Waals surface area contributed by atoms with Crippen molar-refractivity contribution in [1.82, 2.24) is 0 Å². The molecule has 4 aromatic carbocycles. The number of carbonyl (C=O) groups excluding carboxylic acids is 1. The smallest absolute Gasteiger partial charge is 0.249 e. The fourth-order valence-electron chi connectivity index (χ4n) is 7.74. The van der Waals surface area contributed by atoms with Crippen LogP contribution in [-0.4, -0.2) is 30.2 Å². The van der Waals surface area contributed by atoms with E-state index in [4.69, 9.17) is 0 Å². The number of hydrogen-bond acceptors (Lipinski definition) is 3. The Hall–Kier alpha value is -5.28. The molecule has 0 fully saturated rings. The van der Waals surface area contributed by atoms with Crippen molar-refractivity contribution in [3.05, 3.63) is 116 Å². The van der Waals surface area contributed by atoms with Crippen LogP contribution in [0.25, 0.3) is 21.5 Å². The van der Waals surface area contributed by atoms with E-state index in [2.05, 4.69) is 0 Å². The van der Waals surface area contributed by atoms with Crippen LogP contribution in [0, 0.1) is 69.8 Å². The van der Waals surface area contributed by atoms with Crippen LogP contribution in [0.5, 0.6) is 0 Å². The molecule has 16 heteroatoms. The highest BCUT2D eigenvalue weighted by molar-refractivity contribution is 6.24. The Kier molecular flexibility index (Phi) is 7.19. The summed E-state index contributed by atoms with van der Waals surface area (Å²) in [7, 11) is 2.26. The number of carbonyl (C=O) groups is 1. The first-order valence-corrected chi connectivity index (χ1v) is 15.1. The standard InChI is InChI=1S/C36H20F12N2O2/c1-35(2)11(49(5)31-17(35)13-15(23(41)29(31)47)21(39)27(45)25(43)19(13)37)7-9-33(51)10(34(9)52)8-12-36(3,4)18-14-16(22(40)28(46)26(44)20(14)38)24(42)30(48)32(18)50(12)6/h7-8H,1-6H3. The average Bonchev–Trinajstić information content (AvgIpc) is 3.41. The predicted molar refractivity (Wildman–Crippen MR) is 161 cm³/mol. The molecule has 0 unspecified atom stereocenters. The third-order valence-electron chi connectivity index (χ3n) is 10.2. The number of hydrogen-bond donors (Lipinski definition) is 0. The Morgan fingerprint density at radius 3 is 1.48 bits per heavy atom. The van der Waals surface area contributed by atoms with Crippen LogP contribution in [0.3, 0.4) is 0 Å². The van der Waals surface area contributed by atoms with Crippen molar-refractivity contribution >= 4 is 44.4 Å². The molecule has 2 aliphatic heterocycles. The van der Waals surface area contributed by atoms with Gasteiger partial charge in [-0.2, -0.15) is 8.97 Å². The fourth-order valence-corrected chi connectivity index (χ4v) is 7.74. The molecule has 1 aliphatic carbocycles. The zero-order valence-electron chi connectivity index (χ0n) is 27.4. The Morgan fingerprint density at radius 2 is 1.00 bits per heavy atom. The van der Waals surface area contributed by atoms with Crippen molar-refractivity contribution in [3.63, 3.8) is 0 Å². The zero-order valence-corrected chi connectivity index (χ0v) is 27.4. The molecule has 52 heavy (non-hydrogen) atoms. The average molecular weight is 741 g/mol. The van der Waals surface area contributed by atoms with Crippen LogP contribution in [0.2, 0.25) is 0 Å². The molecule has 4 nitrogen and oxygen atoms in total. The van der Waals surface area contributed by atoms with E-state index in [0.717, 1.165) is 35.7 Å². The van der Waals surface area contributed by atoms with Crippen LogP contribution in [0.1, 0.15) is 38.8 Å². The largest absolute Gasteiger partial charge is 0.871 e. The lowest BCUT2D eigenvalue weighted by atomic mass is 9.76. The second kappa shape index (κ2) is 10.6. The molecule has 0 radical (unpaired) electrons. The highest BCUT2D eigenvalue weighted by Gasteiger charge is 2.51. The van der Waals surface area contributed by atoms with E-state index in [1.54, 1.807) is 0 Å². The molecule has 0 saturated heterocycles. The topological polar surface area (TPSA) is 46.4 Å². The van der Waals surface area contributed by atoms with Crippen molar-refractivity contribution in [3.8, 4) is 0 Å². The maximum absolute atomic E-state index is 15.4. The summed E-state index contributed by atoms with van der Waals surface area (Å²) in [5.74, 6) is -27.3. The Bertz CT molecular complexity index is 2600. The first-order chi connectivity index (χ1) is 24.0. The fraction of sp³-hybridized carbons (Fsp3) is 0.222. The van der Waals surface area contributed by atoms with Crippen molar-refractivity contribution in [2.75, 3.05) is 19.0 Å². The van der Waals surface area contributed by atoms with Gasteiger partial charge >= 0.3 is 0 Å². The van der Waals surface area contributed by atoms with Gasteiger partial charge in [0.15, 0.2) is 75.5 Å². The molecule has 0 amide bonds. The first-order valence-electron chi connectivity index (χ1n) is 15.1. The van der Waals surface area contributed by atoms with Crippen molar-refractivity contribution in [2.24, 2.45) is 0 Å². The minimum absolute atomic E-state index is 0.164. The third-order valence-corrected chi connectivity index (χ3v) is 10.2. The monoisotopic (exact) mass is 740 g/mol. The third kappa shape index (κ3) is 3.97. The number of anilines is 1. The molecular formula is C36H20F12N2O2. The van der Waals surface area contributed by atoms with Gasteiger partial charge in [-0.15, -0.1) is 0 Å². The van der Waals surface area contributed by atoms with Gasteiger partial charge in [0, 0.05) is 51.7 Å². The Morgan fingerprint density at radius 1 is 0.577 bits per heavy atom. The van der Waals surface area contributed by atoms with E-state index in [-0.39, 0.29) is 11.4 Å². The number of Topliss-reactive ketones (excluding diaryl/α,β-unsaturated/α-hetero) is 1. The second-order valence-corrected chi connectivity index (χ2v) is 13.6. The summed E-state index contributed by atoms with van der Waals surface area (Å²) >= 11 is 0. The number of benzene rings is 4. The normalized spacial score (nSPS) is 19.3. The predicted octanol–water partition coefficient (Wildman–Crippen LogP) is 8.10. The molecule has 270 valence electrons. The molecule has 0 atom stereocenters. The van der Waals surface area contributed by atoms with E-state index in [9.17, 15) is 36.2 Å². The van der Waals surface area contributed by atoms with E-state index in [1.807, 2.05) is 0 Å². The SMILES string of the molecule is CN1/C(=C/C2=C([O-])C(=C/C3=[N+](C)c4c(F)c(F)c5c(F)c(F)c(F)c(F)c5c4C3(C)C)/C2=O)C(C)(C)c2c1c(F)c(F)c1c(F)c(F)c(F)c(F)c21. The van der Waals surface area contributed by atoms with Crippen LogP contribution in [0.15, 0.2) is 34.8 Å². The van der Waals surface area contributed by atoms with Crippen LogP contribution >= 0.6 is 0 Å². The minimum Gasteiger partial charge on any atom is -0.871 e. The van der Waals surface area contributed by atoms with Crippen molar-refractivity contribution in [1.29, 1.82) is 0 Å². The van der Waals surface area contributed by atoms with Crippen molar-refractivity contribution in [2.45, 2.75) is 38.5 Å². The zero-order chi connectivity index (χ0) is 38.6. The van der Waals surface area contributed by atoms with E-state index < -0.39 is 147 Å². The maximum atomic E-state index is 15.4. The molecule has 3 aliphatic rings. The number of nitrogens with zero attached hydrogens (tertiary/aromatic N) is 2. The molecule has 0 saturated carbocycles. The van der Waals surface area contributed by atoms with Gasteiger partial charge in [0.2, 0.25) is 11.5 Å².